The summed E-state index contributed by atoms with van der Waals surface area (Å²) in [4.78, 5) is 26.7. The van der Waals surface area contributed by atoms with Gasteiger partial charge in [-0.25, -0.2) is 9.78 Å². The van der Waals surface area contributed by atoms with Crippen molar-refractivity contribution >= 4 is 5.97 Å². The molecule has 1 aromatic carbocycles. The zero-order valence-electron chi connectivity index (χ0n) is 16.6. The van der Waals surface area contributed by atoms with E-state index >= 15 is 0 Å². The molecule has 0 aliphatic carbocycles. The van der Waals surface area contributed by atoms with Gasteiger partial charge in [-0.05, 0) is 44.0 Å². The van der Waals surface area contributed by atoms with Gasteiger partial charge in [0.05, 0.1) is 13.0 Å². The molecule has 1 spiro atoms. The van der Waals surface area contributed by atoms with E-state index in [1.165, 1.54) is 5.56 Å². The quantitative estimate of drug-likeness (QED) is 0.582. The highest BCUT2D eigenvalue weighted by Crippen LogP contribution is 2.55. The number of methoxy groups -OCH3 is 1. The zero-order chi connectivity index (χ0) is 19.5. The van der Waals surface area contributed by atoms with E-state index in [2.05, 4.69) is 17.0 Å². The molecular formula is C21H27NO6. The topological polar surface area (TPSA) is 66.5 Å². The molecule has 5 aliphatic heterocycles. The highest BCUT2D eigenvalue weighted by Gasteiger charge is 2.70. The van der Waals surface area contributed by atoms with Crippen molar-refractivity contribution < 1.29 is 28.8 Å². The van der Waals surface area contributed by atoms with E-state index in [1.807, 2.05) is 26.0 Å². The van der Waals surface area contributed by atoms with Gasteiger partial charge in [0, 0.05) is 24.9 Å². The molecule has 0 radical (unpaired) electrons. The van der Waals surface area contributed by atoms with Gasteiger partial charge in [0.2, 0.25) is 12.1 Å². The normalized spacial score (nSPS) is 42.5. The van der Waals surface area contributed by atoms with Crippen LogP contribution in [0.2, 0.25) is 0 Å². The number of likely N-dealkylation sites (tertiary alicyclic amines) is 1. The number of piperidine rings is 1. The van der Waals surface area contributed by atoms with Gasteiger partial charge in [-0.2, -0.15) is 0 Å². The molecule has 0 N–H and O–H groups in total. The lowest BCUT2D eigenvalue weighted by Crippen LogP contribution is -2.74. The Bertz CT molecular complexity index is 769. The van der Waals surface area contributed by atoms with Gasteiger partial charge in [0.25, 0.3) is 0 Å². The zero-order valence-corrected chi connectivity index (χ0v) is 16.6. The van der Waals surface area contributed by atoms with Crippen LogP contribution in [0.15, 0.2) is 24.3 Å². The first kappa shape index (κ1) is 18.4. The van der Waals surface area contributed by atoms with Gasteiger partial charge >= 0.3 is 5.97 Å². The lowest BCUT2D eigenvalue weighted by Gasteiger charge is -2.58. The molecule has 0 aromatic heterocycles. The minimum absolute atomic E-state index is 0.0125. The van der Waals surface area contributed by atoms with Crippen LogP contribution in [-0.2, 0) is 30.6 Å². The number of benzene rings is 1. The number of hydrogen-bond donors (Lipinski definition) is 0. The molecule has 0 saturated carbocycles. The molecule has 6 rings (SSSR count). The second-order valence-electron chi connectivity index (χ2n) is 8.60. The lowest BCUT2D eigenvalue weighted by atomic mass is 9.67. The SMILES string of the molecule is COc1ccc(CN2CC[C@@H]3[C@H](C)C(=O)O[C@H]4O[C@]5(C)CC[C@H]2[C@]43OO5)cc1. The first-order valence-electron chi connectivity index (χ1n) is 10.1. The number of fused-ring (bicyclic) bond motifs is 2. The van der Waals surface area contributed by atoms with Crippen LogP contribution in [0.5, 0.6) is 5.75 Å². The van der Waals surface area contributed by atoms with Crippen molar-refractivity contribution in [3.63, 3.8) is 0 Å². The van der Waals surface area contributed by atoms with Crippen molar-refractivity contribution in [2.75, 3.05) is 13.7 Å². The molecule has 2 bridgehead atoms. The summed E-state index contributed by atoms with van der Waals surface area (Å²) in [5, 5.41) is 0. The Labute approximate surface area is 164 Å². The van der Waals surface area contributed by atoms with Crippen LogP contribution in [0, 0.1) is 11.8 Å². The van der Waals surface area contributed by atoms with Gasteiger partial charge in [0.15, 0.2) is 5.60 Å². The lowest BCUT2D eigenvalue weighted by molar-refractivity contribution is -0.557. The van der Waals surface area contributed by atoms with Crippen LogP contribution >= 0.6 is 0 Å². The fraction of sp³-hybridized carbons (Fsp3) is 0.667. The third-order valence-corrected chi connectivity index (χ3v) is 6.97. The van der Waals surface area contributed by atoms with E-state index in [0.29, 0.717) is 6.42 Å². The number of rotatable bonds is 3. The van der Waals surface area contributed by atoms with Gasteiger partial charge in [-0.3, -0.25) is 9.69 Å². The second kappa shape index (κ2) is 6.42. The summed E-state index contributed by atoms with van der Waals surface area (Å²) in [6, 6.07) is 8.20. The van der Waals surface area contributed by atoms with Gasteiger partial charge in [-0.1, -0.05) is 19.1 Å². The van der Waals surface area contributed by atoms with Gasteiger partial charge in [-0.15, -0.1) is 0 Å². The highest BCUT2D eigenvalue weighted by molar-refractivity contribution is 5.74. The van der Waals surface area contributed by atoms with Gasteiger partial charge in [0.1, 0.15) is 5.75 Å². The minimum Gasteiger partial charge on any atom is -0.497 e. The summed E-state index contributed by atoms with van der Waals surface area (Å²) in [5.41, 5.74) is 0.425. The number of ether oxygens (including phenoxy) is 3. The Kier molecular flexibility index (Phi) is 4.21. The van der Waals surface area contributed by atoms with E-state index in [9.17, 15) is 4.79 Å². The molecule has 1 aromatic rings. The Morgan fingerprint density at radius 3 is 2.75 bits per heavy atom. The fourth-order valence-corrected chi connectivity index (χ4v) is 5.40. The van der Waals surface area contributed by atoms with Crippen LogP contribution in [-0.4, -0.2) is 48.2 Å². The predicted molar refractivity (Wildman–Crippen MR) is 98.0 cm³/mol. The highest BCUT2D eigenvalue weighted by atomic mass is 17.3. The summed E-state index contributed by atoms with van der Waals surface area (Å²) in [6.07, 6.45) is 1.66. The summed E-state index contributed by atoms with van der Waals surface area (Å²) >= 11 is 0. The number of nitrogens with zero attached hydrogens (tertiary/aromatic N) is 1. The molecule has 7 nitrogen and oxygen atoms in total. The van der Waals surface area contributed by atoms with Crippen molar-refractivity contribution in [1.82, 2.24) is 4.90 Å². The molecule has 5 saturated heterocycles. The van der Waals surface area contributed by atoms with E-state index in [4.69, 9.17) is 24.0 Å². The van der Waals surface area contributed by atoms with Crippen LogP contribution in [0.3, 0.4) is 0 Å². The Balaban J connectivity index is 1.49. The third kappa shape index (κ3) is 2.60. The van der Waals surface area contributed by atoms with E-state index in [-0.39, 0.29) is 23.8 Å². The molecule has 5 aliphatic rings. The van der Waals surface area contributed by atoms with Crippen molar-refractivity contribution in [2.24, 2.45) is 11.8 Å². The van der Waals surface area contributed by atoms with E-state index in [0.717, 1.165) is 31.7 Å². The van der Waals surface area contributed by atoms with Crippen molar-refractivity contribution in [2.45, 2.75) is 63.4 Å². The smallest absolute Gasteiger partial charge is 0.311 e. The molecule has 152 valence electrons. The second-order valence-corrected chi connectivity index (χ2v) is 8.60. The molecule has 5 fully saturated rings. The van der Waals surface area contributed by atoms with E-state index < -0.39 is 17.7 Å². The number of carbonyl (C=O) groups is 1. The first-order chi connectivity index (χ1) is 13.4. The summed E-state index contributed by atoms with van der Waals surface area (Å²) in [5.74, 6) is -0.470. The molecule has 6 atom stereocenters. The third-order valence-electron chi connectivity index (χ3n) is 6.97. The average molecular weight is 389 g/mol. The largest absolute Gasteiger partial charge is 0.497 e. The number of esters is 1. The minimum atomic E-state index is -0.884. The van der Waals surface area contributed by atoms with Crippen LogP contribution < -0.4 is 4.74 Å². The fourth-order valence-electron chi connectivity index (χ4n) is 5.40. The van der Waals surface area contributed by atoms with Crippen LogP contribution in [0.1, 0.15) is 38.7 Å². The standard InChI is InChI=1S/C21H27NO6/c1-13-16-9-11-22(12-14-4-6-15(24-3)7-5-14)17-8-10-20(2)26-19(25-18(13)23)21(16,17)28-27-20/h4-7,13,16-17,19H,8-12H2,1-3H3/t13-,16+,17-,19-,20-,21-/m0/s1. The molecule has 5 heterocycles. The average Bonchev–Trinajstić information content (AvgIpc) is 2.92. The molecular weight excluding hydrogens is 362 g/mol. The molecule has 28 heavy (non-hydrogen) atoms. The maximum absolute atomic E-state index is 12.4. The van der Waals surface area contributed by atoms with Crippen LogP contribution in [0.25, 0.3) is 0 Å². The van der Waals surface area contributed by atoms with Crippen LogP contribution in [0.4, 0.5) is 0 Å². The Morgan fingerprint density at radius 1 is 1.21 bits per heavy atom. The Morgan fingerprint density at radius 2 is 2.00 bits per heavy atom. The Hall–Kier alpha value is -1.67. The van der Waals surface area contributed by atoms with Gasteiger partial charge < -0.3 is 14.2 Å². The van der Waals surface area contributed by atoms with Crippen molar-refractivity contribution in [3.8, 4) is 5.75 Å². The van der Waals surface area contributed by atoms with Crippen molar-refractivity contribution in [1.29, 1.82) is 0 Å². The molecule has 0 amide bonds. The van der Waals surface area contributed by atoms with Crippen molar-refractivity contribution in [3.05, 3.63) is 29.8 Å². The first-order valence-corrected chi connectivity index (χ1v) is 10.1. The summed E-state index contributed by atoms with van der Waals surface area (Å²) < 4.78 is 17.1. The summed E-state index contributed by atoms with van der Waals surface area (Å²) in [7, 11) is 1.67. The molecule has 7 heteroatoms. The van der Waals surface area contributed by atoms with E-state index in [1.54, 1.807) is 7.11 Å². The molecule has 0 unspecified atom stereocenters. The monoisotopic (exact) mass is 389 g/mol. The summed E-state index contributed by atoms with van der Waals surface area (Å²) in [6.45, 7) is 5.47. The number of hydrogen-bond acceptors (Lipinski definition) is 7. The maximum atomic E-state index is 12.4. The number of carbonyl (C=O) groups excluding carboxylic acids is 1. The maximum Gasteiger partial charge on any atom is 0.311 e. The predicted octanol–water partition coefficient (Wildman–Crippen LogP) is 2.63.